The molecular formula is C16H9Cl2FN2OS. The third-order valence-electron chi connectivity index (χ3n) is 3.18. The quantitative estimate of drug-likeness (QED) is 0.743. The molecule has 3 nitrogen and oxygen atoms in total. The fourth-order valence-electron chi connectivity index (χ4n) is 2.08. The standard InChI is InChI=1S/C16H9Cl2FN2OS/c17-11-6-5-10(8-12(11)18)21-15(22)14(23-16(21)20)7-9-3-1-2-4-13(9)19/h1-8,20H/b14-7-,20-16?. The average Bonchev–Trinajstić information content (AvgIpc) is 2.79. The zero-order valence-electron chi connectivity index (χ0n) is 11.5. The number of nitrogens with zero attached hydrogens (tertiary/aromatic N) is 1. The summed E-state index contributed by atoms with van der Waals surface area (Å²) in [5, 5.41) is 8.69. The molecule has 1 heterocycles. The Bertz CT molecular complexity index is 854. The summed E-state index contributed by atoms with van der Waals surface area (Å²) >= 11 is 12.8. The Hall–Kier alpha value is -1.82. The molecule has 1 saturated heterocycles. The number of nitrogens with one attached hydrogen (secondary N) is 1. The number of amidine groups is 1. The number of rotatable bonds is 2. The van der Waals surface area contributed by atoms with Gasteiger partial charge in [-0.2, -0.15) is 0 Å². The number of anilines is 1. The zero-order valence-corrected chi connectivity index (χ0v) is 13.8. The average molecular weight is 367 g/mol. The molecule has 1 N–H and O–H groups in total. The fourth-order valence-corrected chi connectivity index (χ4v) is 3.22. The number of hydrogen-bond donors (Lipinski definition) is 1. The highest BCUT2D eigenvalue weighted by Crippen LogP contribution is 2.37. The van der Waals surface area contributed by atoms with Crippen LogP contribution in [0.5, 0.6) is 0 Å². The van der Waals surface area contributed by atoms with E-state index in [9.17, 15) is 9.18 Å². The minimum Gasteiger partial charge on any atom is -0.278 e. The smallest absolute Gasteiger partial charge is 0.271 e. The van der Waals surface area contributed by atoms with Gasteiger partial charge in [0.1, 0.15) is 5.82 Å². The summed E-state index contributed by atoms with van der Waals surface area (Å²) in [6.07, 6.45) is 1.44. The van der Waals surface area contributed by atoms with E-state index >= 15 is 0 Å². The molecule has 0 aliphatic carbocycles. The van der Waals surface area contributed by atoms with E-state index in [-0.39, 0.29) is 10.1 Å². The van der Waals surface area contributed by atoms with Gasteiger partial charge in [0.05, 0.1) is 20.6 Å². The molecule has 2 aromatic carbocycles. The van der Waals surface area contributed by atoms with Crippen LogP contribution >= 0.6 is 35.0 Å². The van der Waals surface area contributed by atoms with Gasteiger partial charge < -0.3 is 0 Å². The maximum Gasteiger partial charge on any atom is 0.271 e. The lowest BCUT2D eigenvalue weighted by Crippen LogP contribution is -2.28. The predicted molar refractivity (Wildman–Crippen MR) is 93.6 cm³/mol. The van der Waals surface area contributed by atoms with Crippen molar-refractivity contribution in [2.45, 2.75) is 0 Å². The van der Waals surface area contributed by atoms with Crippen LogP contribution in [-0.4, -0.2) is 11.1 Å². The number of carbonyl (C=O) groups is 1. The van der Waals surface area contributed by atoms with E-state index in [1.165, 1.54) is 23.1 Å². The summed E-state index contributed by atoms with van der Waals surface area (Å²) in [6.45, 7) is 0. The predicted octanol–water partition coefficient (Wildman–Crippen LogP) is 5.19. The summed E-state index contributed by atoms with van der Waals surface area (Å²) in [4.78, 5) is 14.0. The minimum absolute atomic E-state index is 0.0241. The topological polar surface area (TPSA) is 44.2 Å². The summed E-state index contributed by atoms with van der Waals surface area (Å²) in [5.74, 6) is -0.824. The van der Waals surface area contributed by atoms with Crippen molar-refractivity contribution in [3.05, 3.63) is 68.8 Å². The Balaban J connectivity index is 1.97. The van der Waals surface area contributed by atoms with Crippen LogP contribution in [0.15, 0.2) is 47.4 Å². The first-order chi connectivity index (χ1) is 11.0. The molecule has 7 heteroatoms. The largest absolute Gasteiger partial charge is 0.278 e. The normalized spacial score (nSPS) is 16.5. The molecule has 1 amide bonds. The lowest BCUT2D eigenvalue weighted by molar-refractivity contribution is -0.113. The number of thioether (sulfide) groups is 1. The van der Waals surface area contributed by atoms with Gasteiger partial charge in [-0.15, -0.1) is 0 Å². The van der Waals surface area contributed by atoms with Crippen LogP contribution in [0.4, 0.5) is 10.1 Å². The molecule has 1 fully saturated rings. The van der Waals surface area contributed by atoms with Gasteiger partial charge in [0, 0.05) is 5.56 Å². The first-order valence-electron chi connectivity index (χ1n) is 6.49. The van der Waals surface area contributed by atoms with Crippen molar-refractivity contribution in [3.63, 3.8) is 0 Å². The molecule has 0 unspecified atom stereocenters. The molecule has 3 rings (SSSR count). The summed E-state index contributed by atoms with van der Waals surface area (Å²) in [7, 11) is 0. The molecule has 0 aromatic heterocycles. The van der Waals surface area contributed by atoms with Crippen LogP contribution in [0, 0.1) is 11.2 Å². The molecule has 1 aliphatic rings. The van der Waals surface area contributed by atoms with Crippen LogP contribution < -0.4 is 4.90 Å². The highest BCUT2D eigenvalue weighted by atomic mass is 35.5. The molecule has 0 spiro atoms. The molecule has 2 aromatic rings. The van der Waals surface area contributed by atoms with Crippen molar-refractivity contribution in [1.82, 2.24) is 0 Å². The van der Waals surface area contributed by atoms with E-state index in [0.717, 1.165) is 11.8 Å². The van der Waals surface area contributed by atoms with Crippen molar-refractivity contribution in [3.8, 4) is 0 Å². The van der Waals surface area contributed by atoms with Gasteiger partial charge in [-0.3, -0.25) is 15.1 Å². The number of halogens is 3. The third kappa shape index (κ3) is 3.13. The van der Waals surface area contributed by atoms with Gasteiger partial charge in [-0.25, -0.2) is 4.39 Å². The maximum atomic E-state index is 13.7. The van der Waals surface area contributed by atoms with E-state index in [0.29, 0.717) is 21.3 Å². The van der Waals surface area contributed by atoms with Crippen LogP contribution in [0.3, 0.4) is 0 Å². The van der Waals surface area contributed by atoms with Crippen molar-refractivity contribution in [2.24, 2.45) is 0 Å². The van der Waals surface area contributed by atoms with E-state index in [4.69, 9.17) is 28.6 Å². The lowest BCUT2D eigenvalue weighted by atomic mass is 10.2. The monoisotopic (exact) mass is 366 g/mol. The highest BCUT2D eigenvalue weighted by Gasteiger charge is 2.33. The van der Waals surface area contributed by atoms with Crippen LogP contribution in [0.25, 0.3) is 6.08 Å². The first-order valence-corrected chi connectivity index (χ1v) is 8.07. The lowest BCUT2D eigenvalue weighted by Gasteiger charge is -2.14. The molecule has 1 aliphatic heterocycles. The van der Waals surface area contributed by atoms with Gasteiger partial charge in [0.2, 0.25) is 0 Å². The Morgan fingerprint density at radius 1 is 1.13 bits per heavy atom. The van der Waals surface area contributed by atoms with Crippen LogP contribution in [0.2, 0.25) is 10.0 Å². The van der Waals surface area contributed by atoms with E-state index in [2.05, 4.69) is 0 Å². The molecular weight excluding hydrogens is 358 g/mol. The van der Waals surface area contributed by atoms with Crippen molar-refractivity contribution >= 4 is 57.8 Å². The van der Waals surface area contributed by atoms with Gasteiger partial charge in [-0.05, 0) is 42.1 Å². The number of carbonyl (C=O) groups excluding carboxylic acids is 1. The van der Waals surface area contributed by atoms with Crippen LogP contribution in [0.1, 0.15) is 5.56 Å². The molecule has 116 valence electrons. The summed E-state index contributed by atoms with van der Waals surface area (Å²) in [6, 6.07) is 10.8. The fraction of sp³-hybridized carbons (Fsp3) is 0. The van der Waals surface area contributed by atoms with E-state index in [1.54, 1.807) is 30.3 Å². The SMILES string of the molecule is N=C1S/C(=C\c2ccccc2F)C(=O)N1c1ccc(Cl)c(Cl)c1. The second kappa shape index (κ2) is 6.35. The minimum atomic E-state index is -0.423. The van der Waals surface area contributed by atoms with Crippen LogP contribution in [-0.2, 0) is 4.79 Å². The van der Waals surface area contributed by atoms with Gasteiger partial charge in [0.25, 0.3) is 5.91 Å². The van der Waals surface area contributed by atoms with Gasteiger partial charge in [-0.1, -0.05) is 41.4 Å². The Morgan fingerprint density at radius 2 is 1.87 bits per heavy atom. The molecule has 0 atom stereocenters. The van der Waals surface area contributed by atoms with Crippen molar-refractivity contribution in [2.75, 3.05) is 4.90 Å². The zero-order chi connectivity index (χ0) is 16.6. The summed E-state index contributed by atoms with van der Waals surface area (Å²) in [5.41, 5.74) is 0.742. The van der Waals surface area contributed by atoms with E-state index < -0.39 is 11.7 Å². The first kappa shape index (κ1) is 16.1. The molecule has 0 saturated carbocycles. The molecule has 0 bridgehead atoms. The Kier molecular flexibility index (Phi) is 4.43. The number of benzene rings is 2. The second-order valence-corrected chi connectivity index (χ2v) is 6.52. The van der Waals surface area contributed by atoms with Gasteiger partial charge >= 0.3 is 0 Å². The van der Waals surface area contributed by atoms with Crippen molar-refractivity contribution < 1.29 is 9.18 Å². The van der Waals surface area contributed by atoms with E-state index in [1.807, 2.05) is 0 Å². The number of hydrogen-bond acceptors (Lipinski definition) is 3. The Labute approximate surface area is 146 Å². The molecule has 0 radical (unpaired) electrons. The Morgan fingerprint density at radius 3 is 2.57 bits per heavy atom. The van der Waals surface area contributed by atoms with Crippen molar-refractivity contribution in [1.29, 1.82) is 5.41 Å². The highest BCUT2D eigenvalue weighted by molar-refractivity contribution is 8.19. The number of amides is 1. The molecule has 23 heavy (non-hydrogen) atoms. The maximum absolute atomic E-state index is 13.7. The van der Waals surface area contributed by atoms with Gasteiger partial charge in [0.15, 0.2) is 5.17 Å². The second-order valence-electron chi connectivity index (χ2n) is 4.68. The third-order valence-corrected chi connectivity index (χ3v) is 4.80. The summed E-state index contributed by atoms with van der Waals surface area (Å²) < 4.78 is 13.7.